The van der Waals surface area contributed by atoms with Gasteiger partial charge in [-0.25, -0.2) is 35.5 Å². The van der Waals surface area contributed by atoms with Gasteiger partial charge >= 0.3 is 41.5 Å². The van der Waals surface area contributed by atoms with E-state index in [1.165, 1.54) is 197 Å². The molecule has 1 amide bonds. The maximum atomic E-state index is 12.9. The number of Topliss-reactive ketones (excluding diaryl/α,β-unsaturated/α-hetero) is 1. The monoisotopic (exact) mass is 1600 g/mol. The number of nitrogens with zero attached hydrogens (tertiary/aromatic N) is 4. The van der Waals surface area contributed by atoms with Crippen LogP contribution in [0.2, 0.25) is 0 Å². The van der Waals surface area contributed by atoms with Crippen molar-refractivity contribution in [2.45, 2.75) is 346 Å². The van der Waals surface area contributed by atoms with Crippen molar-refractivity contribution in [2.75, 3.05) is 14.2 Å². The minimum absolute atomic E-state index is 0. The molecule has 0 radical (unpaired) electrons. The van der Waals surface area contributed by atoms with Gasteiger partial charge in [0.15, 0.2) is 5.78 Å². The van der Waals surface area contributed by atoms with Crippen LogP contribution in [0, 0.1) is 40.7 Å². The van der Waals surface area contributed by atoms with Gasteiger partial charge in [0, 0.05) is 58.1 Å². The van der Waals surface area contributed by atoms with Crippen molar-refractivity contribution in [1.29, 1.82) is 11.1 Å². The van der Waals surface area contributed by atoms with Gasteiger partial charge in [0.25, 0.3) is 11.1 Å². The van der Waals surface area contributed by atoms with E-state index in [1.54, 1.807) is 79.9 Å². The molecule has 18 heteroatoms. The molecule has 2 aromatic heterocycles. The van der Waals surface area contributed by atoms with E-state index in [-0.39, 0.29) is 86.0 Å². The normalized spacial score (nSPS) is 16.5. The fourth-order valence-electron chi connectivity index (χ4n) is 15.7. The number of carbonyl (C=O) groups excluding carboxylic acids is 2. The molecule has 7 saturated carbocycles. The van der Waals surface area contributed by atoms with Gasteiger partial charge in [-0.3, -0.25) is 24.0 Å². The van der Waals surface area contributed by atoms with E-state index < -0.39 is 11.9 Å². The van der Waals surface area contributed by atoms with Crippen LogP contribution in [0.3, 0.4) is 0 Å². The molecule has 13 rings (SSSR count). The zero-order valence-corrected chi connectivity index (χ0v) is 72.9. The van der Waals surface area contributed by atoms with E-state index in [1.807, 2.05) is 97.9 Å². The van der Waals surface area contributed by atoms with Gasteiger partial charge in [-0.05, 0) is 122 Å². The molecular formula is C92H151BrN7NaO9. The number of hydrogen-bond donors (Lipinski definition) is 5. The third-order valence-electron chi connectivity index (χ3n) is 21.6. The molecule has 616 valence electrons. The summed E-state index contributed by atoms with van der Waals surface area (Å²) in [6, 6.07) is 29.1. The number of rotatable bonds is 13. The molecule has 5 N–H and O–H groups in total. The molecule has 16 nitrogen and oxygen atoms in total. The van der Waals surface area contributed by atoms with Crippen LogP contribution in [0.5, 0.6) is 0 Å². The van der Waals surface area contributed by atoms with Crippen LogP contribution in [0.4, 0.5) is 0 Å². The van der Waals surface area contributed by atoms with Crippen molar-refractivity contribution in [2.24, 2.45) is 29.6 Å². The first kappa shape index (κ1) is 106. The van der Waals surface area contributed by atoms with Crippen LogP contribution in [-0.4, -0.2) is 73.0 Å². The Morgan fingerprint density at radius 2 is 0.836 bits per heavy atom. The van der Waals surface area contributed by atoms with Gasteiger partial charge in [-0.15, -0.1) is 0 Å². The Bertz CT molecular complexity index is 3460. The van der Waals surface area contributed by atoms with E-state index in [0.717, 1.165) is 96.5 Å². The van der Waals surface area contributed by atoms with Crippen molar-refractivity contribution >= 4 is 61.1 Å². The SMILES string of the molecule is C.C.C1CCC(C2CCCCC2)CC1.CC.CC.CC.CC.CCCC.CON(C)C(=O)C1CCCCC1.N=N.O=C(O)c1ccccc1Br.O=C(O)c1ccccc1C(=O)C1CCCCC1.O=c1[nH]nc(C2CCCCC2)c2ccccc12.O=c1c2ccccc2c(C2CCCCC2)nn1CCC1CCCCC1.[H-].[Na+]. The number of carboxylic acid groups (broad SMARTS) is 2. The number of fused-ring (bicyclic) bond motifs is 2. The summed E-state index contributed by atoms with van der Waals surface area (Å²) >= 11 is 3.12. The summed E-state index contributed by atoms with van der Waals surface area (Å²) in [4.78, 5) is 74.7. The fourth-order valence-corrected chi connectivity index (χ4v) is 16.2. The molecule has 0 bridgehead atoms. The smallest absolute Gasteiger partial charge is 1.00 e. The number of hydroxylamine groups is 2. The number of aromatic carboxylic acids is 2. The van der Waals surface area contributed by atoms with E-state index in [0.29, 0.717) is 27.4 Å². The molecule has 2 heterocycles. The Labute approximate surface area is 698 Å². The van der Waals surface area contributed by atoms with Gasteiger partial charge in [-0.1, -0.05) is 337 Å². The Morgan fingerprint density at radius 1 is 0.491 bits per heavy atom. The zero-order chi connectivity index (χ0) is 79.2. The molecule has 7 aliphatic carbocycles. The largest absolute Gasteiger partial charge is 1.00 e. The molecule has 0 spiro atoms. The Hall–Kier alpha value is -5.72. The van der Waals surface area contributed by atoms with Gasteiger partial charge in [0.1, 0.15) is 0 Å². The van der Waals surface area contributed by atoms with Crippen LogP contribution < -0.4 is 40.7 Å². The number of aromatic amines is 1. The summed E-state index contributed by atoms with van der Waals surface area (Å²) in [6.45, 7) is 21.1. The number of aromatic nitrogens is 4. The summed E-state index contributed by atoms with van der Waals surface area (Å²) in [5, 5.41) is 34.5. The molecule has 110 heavy (non-hydrogen) atoms. The molecule has 0 saturated heterocycles. The number of aryl methyl sites for hydroxylation is 1. The van der Waals surface area contributed by atoms with E-state index in [2.05, 4.69) is 46.0 Å². The minimum atomic E-state index is -1.02. The molecule has 0 unspecified atom stereocenters. The Kier molecular flexibility index (Phi) is 63.5. The zero-order valence-electron chi connectivity index (χ0n) is 70.3. The molecule has 7 aliphatic rings. The fraction of sp³-hybridized carbons (Fsp3) is 0.652. The first-order valence-electron chi connectivity index (χ1n) is 42.1. The predicted molar refractivity (Wildman–Crippen MR) is 462 cm³/mol. The topological polar surface area (TPSA) is 250 Å². The first-order chi connectivity index (χ1) is 52.2. The number of carboxylic acids is 2. The summed E-state index contributed by atoms with van der Waals surface area (Å²) in [5.41, 5.74) is 13.1. The predicted octanol–water partition coefficient (Wildman–Crippen LogP) is 24.3. The van der Waals surface area contributed by atoms with Gasteiger partial charge < -0.3 is 11.6 Å². The second kappa shape index (κ2) is 65.7. The maximum Gasteiger partial charge on any atom is 1.00 e. The molecular weight excluding hydrogens is 1450 g/mol. The number of nitrogens with one attached hydrogen (secondary N) is 3. The first-order valence-corrected chi connectivity index (χ1v) is 42.9. The Balaban J connectivity index is -0.00000124. The molecule has 4 aromatic carbocycles. The van der Waals surface area contributed by atoms with E-state index >= 15 is 0 Å². The number of halogens is 1. The third kappa shape index (κ3) is 37.5. The number of carbonyl (C=O) groups is 4. The summed E-state index contributed by atoms with van der Waals surface area (Å²) in [5.74, 6) is 2.54. The van der Waals surface area contributed by atoms with Crippen molar-refractivity contribution in [3.63, 3.8) is 0 Å². The summed E-state index contributed by atoms with van der Waals surface area (Å²) in [7, 11) is 3.21. The molecule has 0 atom stereocenters. The van der Waals surface area contributed by atoms with E-state index in [4.69, 9.17) is 31.2 Å². The standard InChI is InChI=1S/C22H30N2O.C14H16N2O.C14H16O3.C12H22.C9H17NO2.C7H5BrO2.C4H10.4C2H6.2CH4.H2N2.Na.H/c25-22-20-14-8-7-13-19(20)21(18-11-5-2-6-12-18)23-24(22)16-15-17-9-3-1-4-10-17;17-14-12-9-5-4-8-11(12)13(15-16-14)10-6-2-1-3-7-10;15-13(10-6-2-1-3-7-10)11-8-4-5-9-12(11)14(16)17;1-3-7-11(8-4-1)12-9-5-2-6-10-12;1-10(12-2)9(11)8-6-4-3-5-7-8;8-6-4-2-1-3-5(6)7(9)10;1-3-4-2;4*1-2;;;1-2;;/h7-8,13-14,17-18H,1-6,9-12,15-16H2;2*4-5,8-10H,1-3,6-7H2,(H,16,17);11-12H,1-10H2;8H,3-7H2,1-2H3;1-4H,(H,9,10);3-4H2,1-2H3;4*1-2H3;2*1H4;1-2H;;/q;;;;;;;;;;;;;;+1;-1. The molecule has 6 aromatic rings. The number of hydrogen-bond acceptors (Lipinski definition) is 11. The van der Waals surface area contributed by atoms with Gasteiger partial charge in [0.05, 0.1) is 40.4 Å². The minimum Gasteiger partial charge on any atom is -1.00 e. The number of ketones is 1. The quantitative estimate of drug-likeness (QED) is 0.0315. The molecule has 7 fully saturated rings. The second-order valence-electron chi connectivity index (χ2n) is 28.4. The van der Waals surface area contributed by atoms with Crippen molar-refractivity contribution in [1.82, 2.24) is 25.0 Å². The number of H-pyrrole nitrogens is 1. The molecule has 0 aliphatic heterocycles. The van der Waals surface area contributed by atoms with Gasteiger partial charge in [-0.2, -0.15) is 10.2 Å². The Morgan fingerprint density at radius 3 is 1.25 bits per heavy atom. The number of unbranched alkanes of at least 4 members (excludes halogenated alkanes) is 1. The van der Waals surface area contributed by atoms with Crippen molar-refractivity contribution in [3.8, 4) is 0 Å². The maximum absolute atomic E-state index is 12.9. The van der Waals surface area contributed by atoms with Crippen LogP contribution in [0.15, 0.2) is 111 Å². The summed E-state index contributed by atoms with van der Waals surface area (Å²) < 4.78 is 2.41. The van der Waals surface area contributed by atoms with Gasteiger partial charge in [0.2, 0.25) is 5.91 Å². The number of amides is 1. The van der Waals surface area contributed by atoms with Crippen molar-refractivity contribution < 1.29 is 65.2 Å². The second-order valence-corrected chi connectivity index (χ2v) is 29.2. The number of benzene rings is 4. The average Bonchev–Trinajstić information content (AvgIpc) is 0.785. The van der Waals surface area contributed by atoms with Crippen molar-refractivity contribution in [3.05, 3.63) is 150 Å². The average molecular weight is 1600 g/mol. The summed E-state index contributed by atoms with van der Waals surface area (Å²) in [6.07, 6.45) is 49.4. The van der Waals surface area contributed by atoms with Crippen LogP contribution in [0.25, 0.3) is 21.5 Å². The third-order valence-corrected chi connectivity index (χ3v) is 22.3. The van der Waals surface area contributed by atoms with Crippen LogP contribution >= 0.6 is 15.9 Å². The van der Waals surface area contributed by atoms with E-state index in [9.17, 15) is 28.8 Å². The van der Waals surface area contributed by atoms with Crippen LogP contribution in [0.1, 0.15) is 384 Å². The van der Waals surface area contributed by atoms with Crippen LogP contribution in [-0.2, 0) is 16.2 Å².